The molecule has 12 heavy (non-hydrogen) atoms. The van der Waals surface area contributed by atoms with Crippen molar-refractivity contribution in [1.82, 2.24) is 10.2 Å². The lowest BCUT2D eigenvalue weighted by Gasteiger charge is -2.34. The molecule has 1 aliphatic rings. The minimum atomic E-state index is 0.440. The number of ether oxygens (including phenoxy) is 1. The van der Waals surface area contributed by atoms with E-state index in [0.29, 0.717) is 12.1 Å². The summed E-state index contributed by atoms with van der Waals surface area (Å²) in [6, 6.07) is 0.530. The molecule has 4 nitrogen and oxygen atoms in total. The van der Waals surface area contributed by atoms with Crippen LogP contribution in [0, 0.1) is 0 Å². The van der Waals surface area contributed by atoms with Crippen molar-refractivity contribution in [3.63, 3.8) is 0 Å². The van der Waals surface area contributed by atoms with Gasteiger partial charge in [0.15, 0.2) is 0 Å². The Bertz CT molecular complexity index is 233. The SMILES string of the molecule is COC1CC(Nc2nncs2)C1. The minimum Gasteiger partial charge on any atom is -0.381 e. The van der Waals surface area contributed by atoms with E-state index >= 15 is 0 Å². The normalized spacial score (nSPS) is 28.1. The first-order chi connectivity index (χ1) is 5.88. The quantitative estimate of drug-likeness (QED) is 0.766. The van der Waals surface area contributed by atoms with Crippen molar-refractivity contribution in [3.8, 4) is 0 Å². The van der Waals surface area contributed by atoms with E-state index in [-0.39, 0.29) is 0 Å². The van der Waals surface area contributed by atoms with Gasteiger partial charge in [-0.25, -0.2) is 0 Å². The number of anilines is 1. The van der Waals surface area contributed by atoms with Crippen LogP contribution in [0.4, 0.5) is 5.13 Å². The van der Waals surface area contributed by atoms with Gasteiger partial charge in [0.05, 0.1) is 6.10 Å². The maximum Gasteiger partial charge on any atom is 0.205 e. The summed E-state index contributed by atoms with van der Waals surface area (Å²) >= 11 is 1.54. The van der Waals surface area contributed by atoms with Gasteiger partial charge in [0, 0.05) is 13.2 Å². The Balaban J connectivity index is 1.77. The molecule has 0 unspecified atom stereocenters. The Morgan fingerprint density at radius 1 is 1.67 bits per heavy atom. The average Bonchev–Trinajstić information content (AvgIpc) is 2.47. The van der Waals surface area contributed by atoms with E-state index in [4.69, 9.17) is 4.74 Å². The van der Waals surface area contributed by atoms with Crippen molar-refractivity contribution in [2.75, 3.05) is 12.4 Å². The summed E-state index contributed by atoms with van der Waals surface area (Å²) < 4.78 is 5.16. The van der Waals surface area contributed by atoms with Crippen molar-refractivity contribution in [2.24, 2.45) is 0 Å². The topological polar surface area (TPSA) is 47.0 Å². The van der Waals surface area contributed by atoms with Gasteiger partial charge in [0.1, 0.15) is 5.51 Å². The van der Waals surface area contributed by atoms with Crippen LogP contribution in [0.5, 0.6) is 0 Å². The molecule has 1 aliphatic carbocycles. The zero-order valence-electron chi connectivity index (χ0n) is 6.86. The number of hydrogen-bond acceptors (Lipinski definition) is 5. The highest BCUT2D eigenvalue weighted by molar-refractivity contribution is 7.13. The van der Waals surface area contributed by atoms with Crippen LogP contribution in [-0.2, 0) is 4.74 Å². The van der Waals surface area contributed by atoms with Gasteiger partial charge in [-0.1, -0.05) is 11.3 Å². The Morgan fingerprint density at radius 3 is 3.08 bits per heavy atom. The van der Waals surface area contributed by atoms with Gasteiger partial charge in [-0.2, -0.15) is 0 Å². The first-order valence-electron chi connectivity index (χ1n) is 3.94. The average molecular weight is 185 g/mol. The van der Waals surface area contributed by atoms with E-state index in [0.717, 1.165) is 18.0 Å². The third-order valence-corrected chi connectivity index (χ3v) is 2.74. The Hall–Kier alpha value is -0.680. The number of nitrogens with one attached hydrogen (secondary N) is 1. The second-order valence-electron chi connectivity index (χ2n) is 2.91. The van der Waals surface area contributed by atoms with E-state index in [9.17, 15) is 0 Å². The van der Waals surface area contributed by atoms with Crippen LogP contribution in [0.2, 0.25) is 0 Å². The molecule has 0 saturated heterocycles. The highest BCUT2D eigenvalue weighted by atomic mass is 32.1. The van der Waals surface area contributed by atoms with Crippen LogP contribution in [-0.4, -0.2) is 29.5 Å². The first kappa shape index (κ1) is 7.94. The summed E-state index contributed by atoms with van der Waals surface area (Å²) in [4.78, 5) is 0. The number of methoxy groups -OCH3 is 1. The third-order valence-electron chi connectivity index (χ3n) is 2.12. The molecule has 0 aromatic carbocycles. The lowest BCUT2D eigenvalue weighted by atomic mass is 9.89. The largest absolute Gasteiger partial charge is 0.381 e. The van der Waals surface area contributed by atoms with E-state index in [1.54, 1.807) is 12.6 Å². The smallest absolute Gasteiger partial charge is 0.205 e. The number of hydrogen-bond donors (Lipinski definition) is 1. The minimum absolute atomic E-state index is 0.440. The standard InChI is InChI=1S/C7H11N3OS/c1-11-6-2-5(3-6)9-7-10-8-4-12-7/h4-6H,2-3H2,1H3,(H,9,10). The summed E-state index contributed by atoms with van der Waals surface area (Å²) in [5.41, 5.74) is 1.73. The molecule has 5 heteroatoms. The van der Waals surface area contributed by atoms with E-state index in [1.807, 2.05) is 0 Å². The Labute approximate surface area is 75.0 Å². The molecule has 0 bridgehead atoms. The lowest BCUT2D eigenvalue weighted by molar-refractivity contribution is 0.0328. The maximum atomic E-state index is 5.16. The molecule has 0 spiro atoms. The van der Waals surface area contributed by atoms with Crippen LogP contribution in [0.25, 0.3) is 0 Å². The summed E-state index contributed by atoms with van der Waals surface area (Å²) in [7, 11) is 1.76. The maximum absolute atomic E-state index is 5.16. The fraction of sp³-hybridized carbons (Fsp3) is 0.714. The van der Waals surface area contributed by atoms with Gasteiger partial charge >= 0.3 is 0 Å². The second-order valence-corrected chi connectivity index (χ2v) is 3.75. The molecule has 0 aliphatic heterocycles. The summed E-state index contributed by atoms with van der Waals surface area (Å²) in [5, 5.41) is 11.9. The van der Waals surface area contributed by atoms with Crippen molar-refractivity contribution in [1.29, 1.82) is 0 Å². The molecule has 0 amide bonds. The van der Waals surface area contributed by atoms with Gasteiger partial charge in [0.2, 0.25) is 5.13 Å². The molecule has 1 saturated carbocycles. The van der Waals surface area contributed by atoms with Crippen LogP contribution < -0.4 is 5.32 Å². The van der Waals surface area contributed by atoms with Gasteiger partial charge in [0.25, 0.3) is 0 Å². The van der Waals surface area contributed by atoms with E-state index < -0.39 is 0 Å². The van der Waals surface area contributed by atoms with Gasteiger partial charge in [-0.05, 0) is 12.8 Å². The monoisotopic (exact) mass is 185 g/mol. The molecule has 1 N–H and O–H groups in total. The van der Waals surface area contributed by atoms with Gasteiger partial charge in [-0.3, -0.25) is 0 Å². The fourth-order valence-corrected chi connectivity index (χ4v) is 1.81. The van der Waals surface area contributed by atoms with Crippen molar-refractivity contribution in [3.05, 3.63) is 5.51 Å². The molecule has 66 valence electrons. The predicted octanol–water partition coefficient (Wildman–Crippen LogP) is 1.13. The van der Waals surface area contributed by atoms with Crippen LogP contribution in [0.15, 0.2) is 5.51 Å². The Kier molecular flexibility index (Phi) is 2.23. The Morgan fingerprint density at radius 2 is 2.50 bits per heavy atom. The van der Waals surface area contributed by atoms with Crippen LogP contribution in [0.3, 0.4) is 0 Å². The molecule has 1 heterocycles. The first-order valence-corrected chi connectivity index (χ1v) is 4.82. The molecule has 0 atom stereocenters. The number of aromatic nitrogens is 2. The highest BCUT2D eigenvalue weighted by Gasteiger charge is 2.29. The van der Waals surface area contributed by atoms with Gasteiger partial charge in [-0.15, -0.1) is 10.2 Å². The fourth-order valence-electron chi connectivity index (χ4n) is 1.29. The molecule has 1 fully saturated rings. The summed E-state index contributed by atoms with van der Waals surface area (Å²) in [6.07, 6.45) is 2.60. The van der Waals surface area contributed by atoms with Crippen molar-refractivity contribution >= 4 is 16.5 Å². The second kappa shape index (κ2) is 3.37. The molecule has 1 aromatic rings. The zero-order valence-corrected chi connectivity index (χ0v) is 7.67. The third kappa shape index (κ3) is 1.56. The van der Waals surface area contributed by atoms with Crippen molar-refractivity contribution in [2.45, 2.75) is 25.0 Å². The molecule has 0 radical (unpaired) electrons. The molecule has 2 rings (SSSR count). The molecule has 1 aromatic heterocycles. The zero-order chi connectivity index (χ0) is 8.39. The summed E-state index contributed by atoms with van der Waals surface area (Å²) in [6.45, 7) is 0. The number of nitrogens with zero attached hydrogens (tertiary/aromatic N) is 2. The molecular weight excluding hydrogens is 174 g/mol. The van der Waals surface area contributed by atoms with Crippen molar-refractivity contribution < 1.29 is 4.74 Å². The van der Waals surface area contributed by atoms with Crippen LogP contribution in [0.1, 0.15) is 12.8 Å². The lowest BCUT2D eigenvalue weighted by Crippen LogP contribution is -2.40. The summed E-state index contributed by atoms with van der Waals surface area (Å²) in [5.74, 6) is 0. The predicted molar refractivity (Wildman–Crippen MR) is 47.4 cm³/mol. The van der Waals surface area contributed by atoms with E-state index in [1.165, 1.54) is 11.3 Å². The molecular formula is C7H11N3OS. The van der Waals surface area contributed by atoms with Crippen LogP contribution >= 0.6 is 11.3 Å². The highest BCUT2D eigenvalue weighted by Crippen LogP contribution is 2.26. The van der Waals surface area contributed by atoms with E-state index in [2.05, 4.69) is 15.5 Å². The van der Waals surface area contributed by atoms with Gasteiger partial charge < -0.3 is 10.1 Å². The number of rotatable bonds is 3.